The lowest BCUT2D eigenvalue weighted by Crippen LogP contribution is -2.14. The van der Waals surface area contributed by atoms with Gasteiger partial charge in [0.15, 0.2) is 16.9 Å². The average Bonchev–Trinajstić information content (AvgIpc) is 3.17. The Morgan fingerprint density at radius 1 is 1.13 bits per heavy atom. The van der Waals surface area contributed by atoms with Gasteiger partial charge in [-0.1, -0.05) is 34.6 Å². The first-order chi connectivity index (χ1) is 14.5. The van der Waals surface area contributed by atoms with Crippen molar-refractivity contribution in [1.29, 1.82) is 0 Å². The molecule has 0 atom stereocenters. The number of ketones is 1. The molecule has 0 spiro atoms. The van der Waals surface area contributed by atoms with E-state index in [0.29, 0.717) is 32.5 Å². The van der Waals surface area contributed by atoms with E-state index in [1.165, 1.54) is 25.0 Å². The molecule has 2 aromatic carbocycles. The molecule has 1 N–H and O–H groups in total. The normalized spacial score (nSPS) is 10.9. The molecule has 0 saturated carbocycles. The summed E-state index contributed by atoms with van der Waals surface area (Å²) in [5.41, 5.74) is 2.96. The zero-order valence-corrected chi connectivity index (χ0v) is 17.3. The van der Waals surface area contributed by atoms with E-state index >= 15 is 0 Å². The van der Waals surface area contributed by atoms with Crippen LogP contribution in [-0.2, 0) is 4.79 Å². The summed E-state index contributed by atoms with van der Waals surface area (Å²) < 4.78 is 1.57. The Morgan fingerprint density at radius 2 is 1.93 bits per heavy atom. The number of benzene rings is 2. The summed E-state index contributed by atoms with van der Waals surface area (Å²) in [6, 6.07) is 13.9. The Hall–Kier alpha value is -3.30. The predicted octanol–water partition coefficient (Wildman–Crippen LogP) is 3.80. The van der Waals surface area contributed by atoms with Crippen molar-refractivity contribution in [3.63, 3.8) is 0 Å². The van der Waals surface area contributed by atoms with Crippen molar-refractivity contribution in [3.05, 3.63) is 65.4 Å². The van der Waals surface area contributed by atoms with Crippen molar-refractivity contribution < 1.29 is 9.59 Å². The van der Waals surface area contributed by atoms with Gasteiger partial charge in [0, 0.05) is 16.3 Å². The number of thioether (sulfide) groups is 1. The highest BCUT2D eigenvalue weighted by molar-refractivity contribution is 8.00. The average molecular weight is 439 g/mol. The number of Topliss-reactive ketones (excluding diaryl/α,β-unsaturated/α-hetero) is 1. The maximum absolute atomic E-state index is 12.3. The van der Waals surface area contributed by atoms with Gasteiger partial charge in [-0.05, 0) is 49.4 Å². The van der Waals surface area contributed by atoms with E-state index in [9.17, 15) is 9.59 Å². The molecule has 0 saturated heterocycles. The largest absolute Gasteiger partial charge is 0.325 e. The molecule has 1 amide bonds. The fourth-order valence-electron chi connectivity index (χ4n) is 2.73. The minimum Gasteiger partial charge on any atom is -0.325 e. The van der Waals surface area contributed by atoms with E-state index in [2.05, 4.69) is 25.6 Å². The van der Waals surface area contributed by atoms with Gasteiger partial charge >= 0.3 is 0 Å². The van der Waals surface area contributed by atoms with Gasteiger partial charge in [0.05, 0.1) is 11.4 Å². The molecule has 150 valence electrons. The molecular formula is C20H15ClN6O2S. The van der Waals surface area contributed by atoms with Crippen LogP contribution in [0, 0.1) is 0 Å². The molecule has 4 rings (SSSR count). The van der Waals surface area contributed by atoms with Gasteiger partial charge in [-0.2, -0.15) is 4.68 Å². The Bertz CT molecular complexity index is 1240. The molecule has 2 heterocycles. The maximum Gasteiger partial charge on any atom is 0.234 e. The fraction of sp³-hybridized carbons (Fsp3) is 0.100. The molecule has 0 radical (unpaired) electrons. The smallest absolute Gasteiger partial charge is 0.234 e. The number of hydrogen-bond acceptors (Lipinski definition) is 7. The minimum atomic E-state index is -0.204. The summed E-state index contributed by atoms with van der Waals surface area (Å²) in [6.07, 6.45) is 1.41. The van der Waals surface area contributed by atoms with Gasteiger partial charge in [-0.25, -0.2) is 9.97 Å². The number of fused-ring (bicyclic) bond motifs is 1. The van der Waals surface area contributed by atoms with Crippen molar-refractivity contribution in [1.82, 2.24) is 25.0 Å². The predicted molar refractivity (Wildman–Crippen MR) is 115 cm³/mol. The molecule has 0 bridgehead atoms. The lowest BCUT2D eigenvalue weighted by molar-refractivity contribution is -0.113. The first kappa shape index (κ1) is 20.0. The molecule has 10 heteroatoms. The number of hydrogen-bond donors (Lipinski definition) is 1. The van der Waals surface area contributed by atoms with Crippen LogP contribution >= 0.6 is 23.4 Å². The Labute approximate surface area is 180 Å². The molecule has 0 fully saturated rings. The Kier molecular flexibility index (Phi) is 5.73. The standard InChI is InChI=1S/C20H15ClN6O2S/c1-12(28)13-5-7-15(8-6-13)24-17(29)10-30-20-18-19(22-11-23-20)27(26-25-18)16-4-2-3-14(21)9-16/h2-9,11H,10H2,1H3,(H,24,29). The Balaban J connectivity index is 1.48. The summed E-state index contributed by atoms with van der Waals surface area (Å²) in [7, 11) is 0. The molecule has 0 aliphatic carbocycles. The third-order valence-corrected chi connectivity index (χ3v) is 5.39. The van der Waals surface area contributed by atoms with Crippen LogP contribution in [0.2, 0.25) is 5.02 Å². The highest BCUT2D eigenvalue weighted by Gasteiger charge is 2.15. The number of carbonyl (C=O) groups excluding carboxylic acids is 2. The van der Waals surface area contributed by atoms with Crippen molar-refractivity contribution >= 4 is 51.9 Å². The fourth-order valence-corrected chi connectivity index (χ4v) is 3.65. The first-order valence-electron chi connectivity index (χ1n) is 8.87. The molecule has 0 unspecified atom stereocenters. The highest BCUT2D eigenvalue weighted by Crippen LogP contribution is 2.25. The molecule has 0 aliphatic rings. The zero-order chi connectivity index (χ0) is 21.1. The summed E-state index contributed by atoms with van der Waals surface area (Å²) in [6.45, 7) is 1.50. The third-order valence-electron chi connectivity index (χ3n) is 4.17. The van der Waals surface area contributed by atoms with Crippen molar-refractivity contribution in [2.24, 2.45) is 0 Å². The molecule has 30 heavy (non-hydrogen) atoms. The third kappa shape index (κ3) is 4.32. The second-order valence-electron chi connectivity index (χ2n) is 6.30. The summed E-state index contributed by atoms with van der Waals surface area (Å²) in [5, 5.41) is 12.2. The monoisotopic (exact) mass is 438 g/mol. The minimum absolute atomic E-state index is 0.0259. The SMILES string of the molecule is CC(=O)c1ccc(NC(=O)CSc2ncnc3c2nnn3-c2cccc(Cl)c2)cc1. The molecule has 2 aromatic heterocycles. The van der Waals surface area contributed by atoms with Crippen LogP contribution in [0.5, 0.6) is 0 Å². The van der Waals surface area contributed by atoms with Crippen LogP contribution in [0.25, 0.3) is 16.9 Å². The second-order valence-corrected chi connectivity index (χ2v) is 7.70. The lowest BCUT2D eigenvalue weighted by atomic mass is 10.1. The van der Waals surface area contributed by atoms with Crippen LogP contribution in [0.3, 0.4) is 0 Å². The topological polar surface area (TPSA) is 103 Å². The van der Waals surface area contributed by atoms with Crippen LogP contribution in [0.1, 0.15) is 17.3 Å². The number of nitrogens with zero attached hydrogens (tertiary/aromatic N) is 5. The van der Waals surface area contributed by atoms with E-state index in [1.807, 2.05) is 12.1 Å². The van der Waals surface area contributed by atoms with Gasteiger partial charge in [0.1, 0.15) is 11.4 Å². The van der Waals surface area contributed by atoms with Gasteiger partial charge in [-0.3, -0.25) is 9.59 Å². The second kappa shape index (κ2) is 8.60. The van der Waals surface area contributed by atoms with Gasteiger partial charge in [-0.15, -0.1) is 5.10 Å². The van der Waals surface area contributed by atoms with Gasteiger partial charge in [0.2, 0.25) is 5.91 Å². The quantitative estimate of drug-likeness (QED) is 0.277. The number of aromatic nitrogens is 5. The number of nitrogens with one attached hydrogen (secondary N) is 1. The van der Waals surface area contributed by atoms with Crippen LogP contribution in [-0.4, -0.2) is 42.4 Å². The van der Waals surface area contributed by atoms with E-state index in [4.69, 9.17) is 11.6 Å². The molecule has 4 aromatic rings. The van der Waals surface area contributed by atoms with Crippen LogP contribution in [0.4, 0.5) is 5.69 Å². The number of carbonyl (C=O) groups is 2. The zero-order valence-electron chi connectivity index (χ0n) is 15.7. The maximum atomic E-state index is 12.3. The summed E-state index contributed by atoms with van der Waals surface area (Å²) in [4.78, 5) is 32.1. The molecular weight excluding hydrogens is 424 g/mol. The lowest BCUT2D eigenvalue weighted by Gasteiger charge is -2.06. The number of rotatable bonds is 6. The first-order valence-corrected chi connectivity index (χ1v) is 10.2. The number of halogens is 1. The number of amides is 1. The van der Waals surface area contributed by atoms with Crippen molar-refractivity contribution in [3.8, 4) is 5.69 Å². The van der Waals surface area contributed by atoms with E-state index < -0.39 is 0 Å². The van der Waals surface area contributed by atoms with Crippen molar-refractivity contribution in [2.75, 3.05) is 11.1 Å². The van der Waals surface area contributed by atoms with Crippen LogP contribution in [0.15, 0.2) is 59.9 Å². The van der Waals surface area contributed by atoms with E-state index in [-0.39, 0.29) is 17.4 Å². The van der Waals surface area contributed by atoms with E-state index in [1.54, 1.807) is 41.1 Å². The van der Waals surface area contributed by atoms with Gasteiger partial charge < -0.3 is 5.32 Å². The van der Waals surface area contributed by atoms with E-state index in [0.717, 1.165) is 5.69 Å². The number of anilines is 1. The summed E-state index contributed by atoms with van der Waals surface area (Å²) >= 11 is 7.30. The summed E-state index contributed by atoms with van der Waals surface area (Å²) in [5.74, 6) is -0.100. The molecule has 8 nitrogen and oxygen atoms in total. The Morgan fingerprint density at radius 3 is 2.67 bits per heavy atom. The molecule has 0 aliphatic heterocycles. The highest BCUT2D eigenvalue weighted by atomic mass is 35.5. The van der Waals surface area contributed by atoms with Crippen molar-refractivity contribution in [2.45, 2.75) is 11.9 Å². The van der Waals surface area contributed by atoms with Crippen LogP contribution < -0.4 is 5.32 Å². The van der Waals surface area contributed by atoms with Gasteiger partial charge in [0.25, 0.3) is 0 Å².